The topological polar surface area (TPSA) is 53.8 Å². The van der Waals surface area contributed by atoms with Crippen molar-refractivity contribution in [2.45, 2.75) is 13.1 Å². The molecule has 2 heterocycles. The first kappa shape index (κ1) is 16.3. The Morgan fingerprint density at radius 3 is 2.62 bits per heavy atom. The molecule has 1 aromatic heterocycles. The second-order valence-electron chi connectivity index (χ2n) is 6.64. The largest absolute Gasteiger partial charge is 0.497 e. The van der Waals surface area contributed by atoms with Gasteiger partial charge in [0.25, 0.3) is 0 Å². The van der Waals surface area contributed by atoms with E-state index in [1.54, 1.807) is 13.3 Å². The van der Waals surface area contributed by atoms with Gasteiger partial charge in [0.1, 0.15) is 5.75 Å². The fourth-order valence-corrected chi connectivity index (χ4v) is 3.47. The SMILES string of the molecule is COc1ccc(CN2Cc3c(N(C)C)cccc3-n3cc(O)nc32)cc1. The highest BCUT2D eigenvalue weighted by atomic mass is 16.5. The summed E-state index contributed by atoms with van der Waals surface area (Å²) in [7, 11) is 5.76. The summed E-state index contributed by atoms with van der Waals surface area (Å²) in [6, 6.07) is 14.3. The molecule has 1 N–H and O–H groups in total. The second-order valence-corrected chi connectivity index (χ2v) is 6.64. The van der Waals surface area contributed by atoms with Crippen LogP contribution in [0.3, 0.4) is 0 Å². The van der Waals surface area contributed by atoms with Gasteiger partial charge in [-0.2, -0.15) is 4.98 Å². The molecule has 0 unspecified atom stereocenters. The normalized spacial score (nSPS) is 12.5. The molecule has 3 aromatic rings. The molecule has 0 bridgehead atoms. The van der Waals surface area contributed by atoms with E-state index in [1.807, 2.05) is 36.9 Å². The molecule has 0 spiro atoms. The molecule has 0 radical (unpaired) electrons. The van der Waals surface area contributed by atoms with Gasteiger partial charge in [0.15, 0.2) is 0 Å². The van der Waals surface area contributed by atoms with Crippen molar-refractivity contribution in [2.24, 2.45) is 0 Å². The van der Waals surface area contributed by atoms with Gasteiger partial charge in [-0.05, 0) is 29.8 Å². The van der Waals surface area contributed by atoms with Crippen LogP contribution in [-0.4, -0.2) is 35.9 Å². The van der Waals surface area contributed by atoms with Gasteiger partial charge < -0.3 is 19.6 Å². The van der Waals surface area contributed by atoms with Crippen molar-refractivity contribution in [1.82, 2.24) is 9.55 Å². The van der Waals surface area contributed by atoms with Crippen LogP contribution in [0.1, 0.15) is 11.1 Å². The second kappa shape index (κ2) is 6.29. The van der Waals surface area contributed by atoms with Crippen LogP contribution in [0.5, 0.6) is 11.6 Å². The van der Waals surface area contributed by atoms with E-state index < -0.39 is 0 Å². The van der Waals surface area contributed by atoms with E-state index in [9.17, 15) is 5.11 Å². The molecule has 0 saturated carbocycles. The summed E-state index contributed by atoms with van der Waals surface area (Å²) in [5.74, 6) is 1.62. The first-order valence-electron chi connectivity index (χ1n) is 8.52. The maximum absolute atomic E-state index is 9.99. The molecule has 0 saturated heterocycles. The van der Waals surface area contributed by atoms with E-state index in [1.165, 1.54) is 11.3 Å². The molecule has 6 heteroatoms. The Kier molecular flexibility index (Phi) is 3.95. The van der Waals surface area contributed by atoms with Gasteiger partial charge in [0.2, 0.25) is 11.8 Å². The van der Waals surface area contributed by atoms with Crippen LogP contribution in [0.4, 0.5) is 11.6 Å². The highest BCUT2D eigenvalue weighted by Gasteiger charge is 2.26. The minimum Gasteiger partial charge on any atom is -0.497 e. The fraction of sp³-hybridized carbons (Fsp3) is 0.250. The zero-order valence-corrected chi connectivity index (χ0v) is 15.2. The average molecular weight is 350 g/mol. The lowest BCUT2D eigenvalue weighted by molar-refractivity contribution is 0.414. The minimum atomic E-state index is 0.0304. The van der Waals surface area contributed by atoms with Crippen LogP contribution in [0.2, 0.25) is 0 Å². The Balaban J connectivity index is 1.75. The van der Waals surface area contributed by atoms with Crippen molar-refractivity contribution < 1.29 is 9.84 Å². The summed E-state index contributed by atoms with van der Waals surface area (Å²) in [6.45, 7) is 1.42. The number of aromatic hydroxyl groups is 1. The number of hydrogen-bond acceptors (Lipinski definition) is 5. The summed E-state index contributed by atoms with van der Waals surface area (Å²) in [4.78, 5) is 8.64. The summed E-state index contributed by atoms with van der Waals surface area (Å²) in [5, 5.41) is 9.99. The van der Waals surface area contributed by atoms with Crippen LogP contribution >= 0.6 is 0 Å². The summed E-state index contributed by atoms with van der Waals surface area (Å²) >= 11 is 0. The number of anilines is 2. The molecule has 2 aromatic carbocycles. The number of fused-ring (bicyclic) bond motifs is 3. The van der Waals surface area contributed by atoms with Crippen molar-refractivity contribution in [3.8, 4) is 17.3 Å². The van der Waals surface area contributed by atoms with Crippen LogP contribution in [0.25, 0.3) is 5.69 Å². The first-order valence-corrected chi connectivity index (χ1v) is 8.52. The standard InChI is InChI=1S/C20H22N4O2/c1-22(2)17-5-4-6-18-16(17)12-23(20-21-19(25)13-24(18)20)11-14-7-9-15(26-3)10-8-14/h4-10,13,25H,11-12H2,1-3H3. The van der Waals surface area contributed by atoms with Gasteiger partial charge in [-0.3, -0.25) is 4.57 Å². The molecule has 0 amide bonds. The van der Waals surface area contributed by atoms with E-state index >= 15 is 0 Å². The van der Waals surface area contributed by atoms with Gasteiger partial charge in [-0.25, -0.2) is 0 Å². The monoisotopic (exact) mass is 350 g/mol. The Labute approximate surface area is 152 Å². The molecule has 0 atom stereocenters. The first-order chi connectivity index (χ1) is 12.6. The highest BCUT2D eigenvalue weighted by molar-refractivity contribution is 5.67. The number of nitrogens with zero attached hydrogens (tertiary/aromatic N) is 4. The van der Waals surface area contributed by atoms with Crippen molar-refractivity contribution in [2.75, 3.05) is 31.0 Å². The van der Waals surface area contributed by atoms with Crippen LogP contribution < -0.4 is 14.5 Å². The quantitative estimate of drug-likeness (QED) is 0.783. The van der Waals surface area contributed by atoms with Crippen molar-refractivity contribution in [1.29, 1.82) is 0 Å². The molecular weight excluding hydrogens is 328 g/mol. The van der Waals surface area contributed by atoms with E-state index in [0.29, 0.717) is 6.54 Å². The van der Waals surface area contributed by atoms with Gasteiger partial charge in [0, 0.05) is 31.9 Å². The number of methoxy groups -OCH3 is 1. The van der Waals surface area contributed by atoms with Crippen LogP contribution in [0, 0.1) is 0 Å². The zero-order valence-electron chi connectivity index (χ0n) is 15.2. The van der Waals surface area contributed by atoms with E-state index in [4.69, 9.17) is 4.74 Å². The Bertz CT molecular complexity index is 931. The van der Waals surface area contributed by atoms with Crippen molar-refractivity contribution in [3.05, 3.63) is 59.8 Å². The molecular formula is C20H22N4O2. The maximum Gasteiger partial charge on any atom is 0.231 e. The lowest BCUT2D eigenvalue weighted by atomic mass is 10.1. The van der Waals surface area contributed by atoms with E-state index in [-0.39, 0.29) is 5.88 Å². The third kappa shape index (κ3) is 2.73. The number of benzene rings is 2. The summed E-state index contributed by atoms with van der Waals surface area (Å²) in [6.07, 6.45) is 1.67. The third-order valence-electron chi connectivity index (χ3n) is 4.71. The smallest absolute Gasteiger partial charge is 0.231 e. The van der Waals surface area contributed by atoms with Crippen molar-refractivity contribution >= 4 is 11.6 Å². The van der Waals surface area contributed by atoms with Gasteiger partial charge in [-0.1, -0.05) is 18.2 Å². The molecule has 1 aliphatic rings. The number of aromatic nitrogens is 2. The predicted octanol–water partition coefficient (Wildman–Crippen LogP) is 3.17. The molecule has 0 aliphatic carbocycles. The lowest BCUT2D eigenvalue weighted by Crippen LogP contribution is -2.31. The van der Waals surface area contributed by atoms with Gasteiger partial charge >= 0.3 is 0 Å². The molecule has 6 nitrogen and oxygen atoms in total. The zero-order chi connectivity index (χ0) is 18.3. The van der Waals surface area contributed by atoms with Gasteiger partial charge in [0.05, 0.1) is 25.5 Å². The highest BCUT2D eigenvalue weighted by Crippen LogP contribution is 2.37. The Morgan fingerprint density at radius 2 is 1.92 bits per heavy atom. The molecule has 134 valence electrons. The summed E-state index contributed by atoms with van der Waals surface area (Å²) in [5.41, 5.74) is 4.60. The maximum atomic E-state index is 9.99. The minimum absolute atomic E-state index is 0.0304. The molecule has 4 rings (SSSR count). The number of imidazole rings is 1. The molecule has 26 heavy (non-hydrogen) atoms. The fourth-order valence-electron chi connectivity index (χ4n) is 3.47. The van der Waals surface area contributed by atoms with Gasteiger partial charge in [-0.15, -0.1) is 0 Å². The average Bonchev–Trinajstić information content (AvgIpc) is 3.04. The number of ether oxygens (including phenoxy) is 1. The third-order valence-corrected chi connectivity index (χ3v) is 4.71. The Morgan fingerprint density at radius 1 is 1.15 bits per heavy atom. The number of hydrogen-bond donors (Lipinski definition) is 1. The van der Waals surface area contributed by atoms with E-state index in [2.05, 4.69) is 39.0 Å². The van der Waals surface area contributed by atoms with Crippen LogP contribution in [0.15, 0.2) is 48.7 Å². The van der Waals surface area contributed by atoms with Crippen LogP contribution in [-0.2, 0) is 13.1 Å². The predicted molar refractivity (Wildman–Crippen MR) is 102 cm³/mol. The Hall–Kier alpha value is -3.15. The van der Waals surface area contributed by atoms with Crippen molar-refractivity contribution in [3.63, 3.8) is 0 Å². The number of rotatable bonds is 4. The molecule has 1 aliphatic heterocycles. The summed E-state index contributed by atoms with van der Waals surface area (Å²) < 4.78 is 7.20. The van der Waals surface area contributed by atoms with E-state index in [0.717, 1.165) is 29.5 Å². The molecule has 0 fully saturated rings. The lowest BCUT2D eigenvalue weighted by Gasteiger charge is -2.33.